The van der Waals surface area contributed by atoms with Crippen molar-refractivity contribution in [1.82, 2.24) is 19.5 Å². The van der Waals surface area contributed by atoms with Gasteiger partial charge in [0.05, 0.1) is 28.7 Å². The molecule has 0 atom stereocenters. The van der Waals surface area contributed by atoms with Crippen LogP contribution in [-0.2, 0) is 4.74 Å². The molecule has 0 fully saturated rings. The van der Waals surface area contributed by atoms with E-state index in [1.807, 2.05) is 25.1 Å². The third kappa shape index (κ3) is 4.22. The predicted octanol–water partition coefficient (Wildman–Crippen LogP) is 5.32. The van der Waals surface area contributed by atoms with Crippen molar-refractivity contribution in [2.24, 2.45) is 0 Å². The van der Waals surface area contributed by atoms with Crippen LogP contribution >= 0.6 is 11.8 Å². The van der Waals surface area contributed by atoms with Crippen molar-refractivity contribution < 1.29 is 22.7 Å². The molecule has 0 radical (unpaired) electrons. The number of esters is 1. The Morgan fingerprint density at radius 2 is 1.89 bits per heavy atom. The van der Waals surface area contributed by atoms with Gasteiger partial charge in [-0.2, -0.15) is 0 Å². The molecule has 3 aromatic heterocycles. The zero-order valence-electron chi connectivity index (χ0n) is 18.9. The zero-order valence-corrected chi connectivity index (χ0v) is 19.8. The number of pyridine rings is 2. The first-order valence-electron chi connectivity index (χ1n) is 10.8. The van der Waals surface area contributed by atoms with Gasteiger partial charge in [-0.25, -0.2) is 27.9 Å². The summed E-state index contributed by atoms with van der Waals surface area (Å²) in [5, 5.41) is -0.0597. The Hall–Kier alpha value is -4.12. The quantitative estimate of drug-likeness (QED) is 0.322. The van der Waals surface area contributed by atoms with Gasteiger partial charge in [0.1, 0.15) is 27.9 Å². The van der Waals surface area contributed by atoms with Gasteiger partial charge in [0.2, 0.25) is 5.43 Å². The molecular formula is C25H17F3N4O3S. The van der Waals surface area contributed by atoms with E-state index in [1.54, 1.807) is 6.92 Å². The monoisotopic (exact) mass is 510 g/mol. The van der Waals surface area contributed by atoms with Crippen molar-refractivity contribution >= 4 is 39.8 Å². The number of ether oxygens (including phenoxy) is 1. The van der Waals surface area contributed by atoms with Gasteiger partial charge in [-0.3, -0.25) is 9.36 Å². The molecule has 7 nitrogen and oxygen atoms in total. The van der Waals surface area contributed by atoms with Gasteiger partial charge in [-0.05, 0) is 61.5 Å². The van der Waals surface area contributed by atoms with Gasteiger partial charge >= 0.3 is 5.97 Å². The van der Waals surface area contributed by atoms with E-state index in [1.165, 1.54) is 0 Å². The Kier molecular flexibility index (Phi) is 6.00. The molecule has 0 aliphatic rings. The summed E-state index contributed by atoms with van der Waals surface area (Å²) in [6.07, 6.45) is 1.06. The molecule has 0 bridgehead atoms. The highest BCUT2D eigenvalue weighted by Gasteiger charge is 2.22. The average molecular weight is 510 g/mol. The van der Waals surface area contributed by atoms with Crippen LogP contribution in [0.2, 0.25) is 0 Å². The average Bonchev–Trinajstić information content (AvgIpc) is 3.22. The number of nitrogens with one attached hydrogen (secondary N) is 1. The SMILES string of the molecule is CCOC(=O)c1cn(-c2ccc(F)cc2F)c2nc(Sc3nc4ccc(C)cc4[nH]3)c(F)cc2c1=O. The molecule has 2 aromatic carbocycles. The maximum absolute atomic E-state index is 15.1. The first-order valence-corrected chi connectivity index (χ1v) is 11.6. The number of fused-ring (bicyclic) bond motifs is 2. The second kappa shape index (κ2) is 9.15. The Morgan fingerprint density at radius 1 is 1.08 bits per heavy atom. The minimum Gasteiger partial charge on any atom is -0.462 e. The second-order valence-electron chi connectivity index (χ2n) is 7.87. The standard InChI is InChI=1S/C25H17F3N4O3S/c1-3-35-24(34)15-11-32(20-7-5-13(26)9-16(20)27)22-14(21(15)33)10-17(28)23(31-22)36-25-29-18-6-4-12(2)8-19(18)30-25/h4-11H,3H2,1-2H3,(H,29,30). The van der Waals surface area contributed by atoms with Crippen LogP contribution in [0.25, 0.3) is 27.8 Å². The fourth-order valence-corrected chi connectivity index (χ4v) is 4.51. The van der Waals surface area contributed by atoms with E-state index in [0.29, 0.717) is 16.7 Å². The van der Waals surface area contributed by atoms with E-state index >= 15 is 4.39 Å². The van der Waals surface area contributed by atoms with Gasteiger partial charge in [-0.1, -0.05) is 6.07 Å². The highest BCUT2D eigenvalue weighted by atomic mass is 32.2. The van der Waals surface area contributed by atoms with Crippen molar-refractivity contribution in [2.45, 2.75) is 24.0 Å². The number of hydrogen-bond acceptors (Lipinski definition) is 6. The molecule has 0 aliphatic heterocycles. The number of H-pyrrole nitrogens is 1. The van der Waals surface area contributed by atoms with Gasteiger partial charge in [0, 0.05) is 12.3 Å². The number of benzene rings is 2. The molecule has 36 heavy (non-hydrogen) atoms. The van der Waals surface area contributed by atoms with Crippen molar-refractivity contribution in [2.75, 3.05) is 6.61 Å². The Bertz CT molecular complexity index is 1730. The molecule has 0 unspecified atom stereocenters. The van der Waals surface area contributed by atoms with E-state index in [0.717, 1.165) is 51.8 Å². The van der Waals surface area contributed by atoms with E-state index in [-0.39, 0.29) is 28.4 Å². The third-order valence-electron chi connectivity index (χ3n) is 5.37. The molecule has 0 saturated heterocycles. The number of carbonyl (C=O) groups excluding carboxylic acids is 1. The van der Waals surface area contributed by atoms with Crippen LogP contribution in [0.15, 0.2) is 63.6 Å². The largest absolute Gasteiger partial charge is 0.462 e. The van der Waals surface area contributed by atoms with Crippen molar-refractivity contribution in [3.63, 3.8) is 0 Å². The first kappa shape index (κ1) is 23.6. The van der Waals surface area contributed by atoms with Crippen molar-refractivity contribution in [1.29, 1.82) is 0 Å². The lowest BCUT2D eigenvalue weighted by atomic mass is 10.1. The van der Waals surface area contributed by atoms with Crippen LogP contribution in [0.4, 0.5) is 13.2 Å². The number of hydrogen-bond donors (Lipinski definition) is 1. The smallest absolute Gasteiger partial charge is 0.343 e. The van der Waals surface area contributed by atoms with Crippen molar-refractivity contribution in [3.05, 3.63) is 87.5 Å². The number of nitrogens with zero attached hydrogens (tertiary/aromatic N) is 3. The van der Waals surface area contributed by atoms with Gasteiger partial charge in [0.25, 0.3) is 0 Å². The summed E-state index contributed by atoms with van der Waals surface area (Å²) < 4.78 is 49.5. The fraction of sp³-hybridized carbons (Fsp3) is 0.120. The van der Waals surface area contributed by atoms with Crippen LogP contribution in [0.3, 0.4) is 0 Å². The lowest BCUT2D eigenvalue weighted by molar-refractivity contribution is 0.0524. The lowest BCUT2D eigenvalue weighted by Crippen LogP contribution is -2.21. The highest BCUT2D eigenvalue weighted by Crippen LogP contribution is 2.30. The van der Waals surface area contributed by atoms with Crippen molar-refractivity contribution in [3.8, 4) is 5.69 Å². The molecule has 0 aliphatic carbocycles. The number of halogens is 3. The Balaban J connectivity index is 1.72. The van der Waals surface area contributed by atoms with Crippen LogP contribution in [-0.4, -0.2) is 32.1 Å². The van der Waals surface area contributed by atoms with E-state index in [4.69, 9.17) is 4.74 Å². The molecule has 5 aromatic rings. The maximum atomic E-state index is 15.1. The summed E-state index contributed by atoms with van der Waals surface area (Å²) in [5.74, 6) is -3.59. The molecule has 0 spiro atoms. The minimum absolute atomic E-state index is 0.0135. The van der Waals surface area contributed by atoms with E-state index < -0.39 is 34.4 Å². The number of imidazole rings is 1. The van der Waals surface area contributed by atoms with Gasteiger partial charge in [-0.15, -0.1) is 0 Å². The summed E-state index contributed by atoms with van der Waals surface area (Å²) in [4.78, 5) is 37.2. The summed E-state index contributed by atoms with van der Waals surface area (Å²) in [5.41, 5.74) is 0.847. The molecule has 3 heterocycles. The summed E-state index contributed by atoms with van der Waals surface area (Å²) in [7, 11) is 0. The van der Waals surface area contributed by atoms with Gasteiger partial charge in [0.15, 0.2) is 11.0 Å². The molecule has 5 rings (SSSR count). The molecule has 11 heteroatoms. The summed E-state index contributed by atoms with van der Waals surface area (Å²) >= 11 is 0.882. The number of rotatable bonds is 5. The molecule has 0 saturated carbocycles. The summed E-state index contributed by atoms with van der Waals surface area (Å²) in [6.45, 7) is 3.47. The van der Waals surface area contributed by atoms with E-state index in [2.05, 4.69) is 15.0 Å². The van der Waals surface area contributed by atoms with Crippen LogP contribution in [0.5, 0.6) is 0 Å². The number of aromatic amines is 1. The predicted molar refractivity (Wildman–Crippen MR) is 128 cm³/mol. The molecule has 1 N–H and O–H groups in total. The normalized spacial score (nSPS) is 11.4. The Morgan fingerprint density at radius 3 is 2.64 bits per heavy atom. The lowest BCUT2D eigenvalue weighted by Gasteiger charge is -2.14. The zero-order chi connectivity index (χ0) is 25.6. The van der Waals surface area contributed by atoms with E-state index in [9.17, 15) is 18.4 Å². The topological polar surface area (TPSA) is 89.9 Å². The van der Waals surface area contributed by atoms with Crippen LogP contribution in [0, 0.1) is 24.4 Å². The van der Waals surface area contributed by atoms with Gasteiger partial charge < -0.3 is 9.72 Å². The third-order valence-corrected chi connectivity index (χ3v) is 6.24. The minimum atomic E-state index is -0.970. The second-order valence-corrected chi connectivity index (χ2v) is 8.85. The number of aryl methyl sites for hydroxylation is 1. The number of aromatic nitrogens is 4. The van der Waals surface area contributed by atoms with Crippen LogP contribution in [0.1, 0.15) is 22.8 Å². The number of carbonyl (C=O) groups is 1. The highest BCUT2D eigenvalue weighted by molar-refractivity contribution is 7.99. The molecule has 0 amide bonds. The van der Waals surface area contributed by atoms with Crippen LogP contribution < -0.4 is 5.43 Å². The maximum Gasteiger partial charge on any atom is 0.343 e. The first-order chi connectivity index (χ1) is 17.2. The molecule has 182 valence electrons. The Labute approximate surface area is 206 Å². The molecular weight excluding hydrogens is 493 g/mol. The fourth-order valence-electron chi connectivity index (χ4n) is 3.73. The summed E-state index contributed by atoms with van der Waals surface area (Å²) in [6, 6.07) is 9.33.